The van der Waals surface area contributed by atoms with Crippen molar-refractivity contribution in [3.8, 4) is 0 Å². The summed E-state index contributed by atoms with van der Waals surface area (Å²) in [5, 5.41) is 0. The fourth-order valence-electron chi connectivity index (χ4n) is 1.16. The number of ketones is 1. The minimum Gasteiger partial charge on any atom is -0.371 e. The van der Waals surface area contributed by atoms with E-state index in [1.54, 1.807) is 0 Å². The van der Waals surface area contributed by atoms with Gasteiger partial charge in [0.2, 0.25) is 0 Å². The summed E-state index contributed by atoms with van der Waals surface area (Å²) in [6.45, 7) is 8.06. The van der Waals surface area contributed by atoms with E-state index in [1.165, 1.54) is 0 Å². The van der Waals surface area contributed by atoms with E-state index in [1.807, 2.05) is 46.7 Å². The summed E-state index contributed by atoms with van der Waals surface area (Å²) in [7, 11) is 3.85. The molecule has 0 rings (SSSR count). The summed E-state index contributed by atoms with van der Waals surface area (Å²) in [4.78, 5) is 13.8. The molecule has 3 heteroatoms. The first kappa shape index (κ1) is 13.6. The van der Waals surface area contributed by atoms with Crippen molar-refractivity contribution in [3.05, 3.63) is 0 Å². The van der Waals surface area contributed by atoms with Crippen molar-refractivity contribution in [1.29, 1.82) is 0 Å². The van der Waals surface area contributed by atoms with Crippen molar-refractivity contribution < 1.29 is 9.53 Å². The van der Waals surface area contributed by atoms with Crippen LogP contribution < -0.4 is 0 Å². The Morgan fingerprint density at radius 1 is 1.43 bits per heavy atom. The molecule has 3 nitrogen and oxygen atoms in total. The summed E-state index contributed by atoms with van der Waals surface area (Å²) in [6, 6.07) is 0. The normalized spacial score (nSPS) is 16.0. The molecule has 1 unspecified atom stereocenters. The Morgan fingerprint density at radius 2 is 1.93 bits per heavy atom. The molecule has 0 bridgehead atoms. The minimum atomic E-state index is -0.394. The number of Topliss-reactive ketones (excluding diaryl/α,β-unsaturated/α-hetero) is 1. The van der Waals surface area contributed by atoms with Gasteiger partial charge in [0.15, 0.2) is 5.78 Å². The third-order valence-electron chi connectivity index (χ3n) is 2.82. The second-order valence-corrected chi connectivity index (χ2v) is 4.30. The van der Waals surface area contributed by atoms with E-state index in [-0.39, 0.29) is 18.5 Å². The van der Waals surface area contributed by atoms with Crippen molar-refractivity contribution in [1.82, 2.24) is 4.90 Å². The van der Waals surface area contributed by atoms with Crippen molar-refractivity contribution in [3.63, 3.8) is 0 Å². The Balaban J connectivity index is 4.32. The van der Waals surface area contributed by atoms with E-state index in [9.17, 15) is 4.79 Å². The molecule has 0 aliphatic carbocycles. The molecular weight excluding hydrogens is 178 g/mol. The van der Waals surface area contributed by atoms with Gasteiger partial charge >= 0.3 is 0 Å². The molecule has 0 N–H and O–H groups in total. The first-order valence-electron chi connectivity index (χ1n) is 5.17. The monoisotopic (exact) mass is 201 g/mol. The summed E-state index contributed by atoms with van der Waals surface area (Å²) in [5.41, 5.74) is -0.394. The van der Waals surface area contributed by atoms with Gasteiger partial charge in [0.25, 0.3) is 0 Å². The predicted molar refractivity (Wildman–Crippen MR) is 58.5 cm³/mol. The van der Waals surface area contributed by atoms with Gasteiger partial charge in [0.05, 0.1) is 11.6 Å². The van der Waals surface area contributed by atoms with Gasteiger partial charge in [0.1, 0.15) is 6.61 Å². The predicted octanol–water partition coefficient (Wildman–Crippen LogP) is 1.71. The lowest BCUT2D eigenvalue weighted by atomic mass is 9.92. The topological polar surface area (TPSA) is 29.5 Å². The number of rotatable bonds is 6. The Labute approximate surface area is 87.4 Å². The lowest BCUT2D eigenvalue weighted by Gasteiger charge is -2.34. The highest BCUT2D eigenvalue weighted by Gasteiger charge is 2.33. The number of nitrogens with zero attached hydrogens (tertiary/aromatic N) is 1. The van der Waals surface area contributed by atoms with Crippen LogP contribution in [0.3, 0.4) is 0 Å². The fraction of sp³-hybridized carbons (Fsp3) is 0.909. The van der Waals surface area contributed by atoms with E-state index >= 15 is 0 Å². The third kappa shape index (κ3) is 3.39. The quantitative estimate of drug-likeness (QED) is 0.655. The first-order valence-corrected chi connectivity index (χ1v) is 5.17. The van der Waals surface area contributed by atoms with Crippen LogP contribution in [0.4, 0.5) is 0 Å². The molecule has 0 amide bonds. The maximum absolute atomic E-state index is 11.9. The highest BCUT2D eigenvalue weighted by molar-refractivity contribution is 5.89. The largest absolute Gasteiger partial charge is 0.371 e. The zero-order chi connectivity index (χ0) is 11.4. The maximum atomic E-state index is 11.9. The van der Waals surface area contributed by atoms with Crippen LogP contribution in [0.2, 0.25) is 0 Å². The van der Waals surface area contributed by atoms with Crippen molar-refractivity contribution in [2.24, 2.45) is 0 Å². The molecule has 14 heavy (non-hydrogen) atoms. The molecule has 0 aromatic carbocycles. The highest BCUT2D eigenvalue weighted by Crippen LogP contribution is 2.17. The van der Waals surface area contributed by atoms with E-state index in [4.69, 9.17) is 4.74 Å². The zero-order valence-electron chi connectivity index (χ0n) is 10.3. The van der Waals surface area contributed by atoms with Gasteiger partial charge in [-0.05, 0) is 41.3 Å². The number of hydrogen-bond donors (Lipinski definition) is 0. The van der Waals surface area contributed by atoms with Gasteiger partial charge in [-0.25, -0.2) is 0 Å². The number of ether oxygens (including phenoxy) is 1. The van der Waals surface area contributed by atoms with Crippen LogP contribution in [0, 0.1) is 0 Å². The van der Waals surface area contributed by atoms with Crippen LogP contribution in [0.1, 0.15) is 34.1 Å². The van der Waals surface area contributed by atoms with Crippen LogP contribution in [0.25, 0.3) is 0 Å². The van der Waals surface area contributed by atoms with Crippen LogP contribution in [0.5, 0.6) is 0 Å². The molecule has 0 fully saturated rings. The second kappa shape index (κ2) is 5.47. The van der Waals surface area contributed by atoms with Gasteiger partial charge in [0, 0.05) is 0 Å². The molecular formula is C11H23NO2. The van der Waals surface area contributed by atoms with E-state index in [0.29, 0.717) is 0 Å². The molecule has 0 aliphatic heterocycles. The number of likely N-dealkylation sites (N-methyl/N-ethyl adjacent to an activating group) is 1. The Morgan fingerprint density at radius 3 is 2.21 bits per heavy atom. The van der Waals surface area contributed by atoms with Crippen LogP contribution >= 0.6 is 0 Å². The molecule has 1 atom stereocenters. The summed E-state index contributed by atoms with van der Waals surface area (Å²) < 4.78 is 5.33. The van der Waals surface area contributed by atoms with Gasteiger partial charge < -0.3 is 4.74 Å². The smallest absolute Gasteiger partial charge is 0.178 e. The number of hydrogen-bond acceptors (Lipinski definition) is 3. The lowest BCUT2D eigenvalue weighted by Crippen LogP contribution is -2.49. The van der Waals surface area contributed by atoms with Gasteiger partial charge in [-0.1, -0.05) is 6.92 Å². The molecule has 0 aromatic heterocycles. The number of carbonyl (C=O) groups excluding carboxylic acids is 1. The van der Waals surface area contributed by atoms with E-state index in [2.05, 4.69) is 0 Å². The Kier molecular flexibility index (Phi) is 5.31. The molecule has 0 radical (unpaired) electrons. The van der Waals surface area contributed by atoms with Crippen molar-refractivity contribution in [2.45, 2.75) is 45.8 Å². The number of carbonyl (C=O) groups is 1. The third-order valence-corrected chi connectivity index (χ3v) is 2.82. The van der Waals surface area contributed by atoms with Crippen LogP contribution in [-0.4, -0.2) is 43.0 Å². The molecule has 0 heterocycles. The highest BCUT2D eigenvalue weighted by atomic mass is 16.5. The average molecular weight is 201 g/mol. The fourth-order valence-corrected chi connectivity index (χ4v) is 1.16. The summed E-state index contributed by atoms with van der Waals surface area (Å²) >= 11 is 0. The summed E-state index contributed by atoms with van der Waals surface area (Å²) in [6.07, 6.45) is 0.919. The van der Waals surface area contributed by atoms with Gasteiger partial charge in [-0.15, -0.1) is 0 Å². The van der Waals surface area contributed by atoms with E-state index in [0.717, 1.165) is 6.42 Å². The van der Waals surface area contributed by atoms with Crippen molar-refractivity contribution in [2.75, 3.05) is 20.7 Å². The minimum absolute atomic E-state index is 0.113. The first-order chi connectivity index (χ1) is 6.34. The molecule has 0 saturated heterocycles. The molecule has 0 spiro atoms. The lowest BCUT2D eigenvalue weighted by molar-refractivity contribution is -0.135. The zero-order valence-corrected chi connectivity index (χ0v) is 10.3. The second-order valence-electron chi connectivity index (χ2n) is 4.30. The van der Waals surface area contributed by atoms with Crippen molar-refractivity contribution >= 4 is 5.78 Å². The van der Waals surface area contributed by atoms with E-state index < -0.39 is 5.54 Å². The molecule has 0 aromatic rings. The Hall–Kier alpha value is -0.410. The Bertz CT molecular complexity index is 190. The molecule has 0 aliphatic rings. The standard InChI is InChI=1S/C11H23NO2/c1-7-11(4,12(5)6)10(13)8-14-9(2)3/h9H,7-8H2,1-6H3. The van der Waals surface area contributed by atoms with Gasteiger partial charge in [-0.2, -0.15) is 0 Å². The maximum Gasteiger partial charge on any atom is 0.178 e. The van der Waals surface area contributed by atoms with Crippen LogP contribution in [-0.2, 0) is 9.53 Å². The van der Waals surface area contributed by atoms with Crippen LogP contribution in [0.15, 0.2) is 0 Å². The molecule has 0 saturated carbocycles. The summed E-state index contributed by atoms with van der Waals surface area (Å²) in [5.74, 6) is 0.152. The SMILES string of the molecule is CCC(C)(C(=O)COC(C)C)N(C)C. The average Bonchev–Trinajstić information content (AvgIpc) is 2.12. The van der Waals surface area contributed by atoms with Gasteiger partial charge in [-0.3, -0.25) is 9.69 Å². The molecule has 84 valence electrons.